The fraction of sp³-hybridized carbons (Fsp3) is 0.259. The zero-order valence-corrected chi connectivity index (χ0v) is 22.9. The Kier molecular flexibility index (Phi) is 8.80. The van der Waals surface area contributed by atoms with Crippen molar-refractivity contribution in [2.75, 3.05) is 36.6 Å². The lowest BCUT2D eigenvalue weighted by Gasteiger charge is -2.26. The SMILES string of the molecule is COc1ccc(N(CC(=O)N/N=C\c2cccc(OC3CSC3)c2)S(=O)(=O)c2ccc(C)cc2)c(OC)c1. The Hall–Kier alpha value is -3.70. The molecule has 0 aromatic heterocycles. The zero-order chi connectivity index (χ0) is 27.1. The van der Waals surface area contributed by atoms with Crippen LogP contribution in [0.4, 0.5) is 5.69 Å². The van der Waals surface area contributed by atoms with Crippen LogP contribution >= 0.6 is 11.8 Å². The highest BCUT2D eigenvalue weighted by molar-refractivity contribution is 8.00. The van der Waals surface area contributed by atoms with Crippen molar-refractivity contribution >= 4 is 39.6 Å². The van der Waals surface area contributed by atoms with Crippen LogP contribution in [0.15, 0.2) is 76.7 Å². The summed E-state index contributed by atoms with van der Waals surface area (Å²) < 4.78 is 44.9. The molecular formula is C27H29N3O6S2. The Morgan fingerprint density at radius 1 is 1.05 bits per heavy atom. The van der Waals surface area contributed by atoms with Gasteiger partial charge in [-0.25, -0.2) is 13.8 Å². The second-order valence-corrected chi connectivity index (χ2v) is 11.4. The standard InChI is InChI=1S/C27H29N3O6S2/c1-19-7-10-24(11-8-19)38(32,33)30(25-12-9-21(34-2)14-26(25)35-3)16-27(31)29-28-15-20-5-4-6-22(13-20)36-23-17-37-18-23/h4-15,23H,16-18H2,1-3H3,(H,29,31)/b28-15-. The fourth-order valence-electron chi connectivity index (χ4n) is 3.62. The second-order valence-electron chi connectivity index (χ2n) is 8.51. The third kappa shape index (κ3) is 6.59. The highest BCUT2D eigenvalue weighted by atomic mass is 32.2. The number of carbonyl (C=O) groups is 1. The molecule has 0 atom stereocenters. The van der Waals surface area contributed by atoms with E-state index in [0.717, 1.165) is 32.7 Å². The summed E-state index contributed by atoms with van der Waals surface area (Å²) in [6.07, 6.45) is 1.69. The Bertz CT molecular complexity index is 1410. The quantitative estimate of drug-likeness (QED) is 0.283. The van der Waals surface area contributed by atoms with Crippen molar-refractivity contribution in [3.8, 4) is 17.2 Å². The van der Waals surface area contributed by atoms with E-state index in [2.05, 4.69) is 10.5 Å². The first-order valence-corrected chi connectivity index (χ1v) is 14.4. The number of methoxy groups -OCH3 is 2. The minimum atomic E-state index is -4.13. The van der Waals surface area contributed by atoms with Crippen molar-refractivity contribution < 1.29 is 27.4 Å². The number of nitrogens with zero attached hydrogens (tertiary/aromatic N) is 2. The van der Waals surface area contributed by atoms with Crippen LogP contribution in [0.1, 0.15) is 11.1 Å². The van der Waals surface area contributed by atoms with Crippen LogP contribution in [-0.4, -0.2) is 58.9 Å². The van der Waals surface area contributed by atoms with Crippen molar-refractivity contribution in [1.82, 2.24) is 5.43 Å². The molecule has 9 nitrogen and oxygen atoms in total. The number of hydrogen-bond acceptors (Lipinski definition) is 8. The lowest BCUT2D eigenvalue weighted by atomic mass is 10.2. The molecule has 1 fully saturated rings. The highest BCUT2D eigenvalue weighted by Crippen LogP contribution is 2.35. The molecule has 38 heavy (non-hydrogen) atoms. The number of ether oxygens (including phenoxy) is 3. The number of aryl methyl sites for hydroxylation is 1. The summed E-state index contributed by atoms with van der Waals surface area (Å²) in [5.41, 5.74) is 4.25. The molecule has 3 aromatic carbocycles. The number of hydrazone groups is 1. The lowest BCUT2D eigenvalue weighted by molar-refractivity contribution is -0.119. The van der Waals surface area contributed by atoms with Gasteiger partial charge in [0, 0.05) is 17.6 Å². The number of thioether (sulfide) groups is 1. The van der Waals surface area contributed by atoms with Crippen LogP contribution in [0.3, 0.4) is 0 Å². The van der Waals surface area contributed by atoms with Gasteiger partial charge in [-0.2, -0.15) is 16.9 Å². The van der Waals surface area contributed by atoms with Gasteiger partial charge in [-0.1, -0.05) is 29.8 Å². The fourth-order valence-corrected chi connectivity index (χ4v) is 5.61. The summed E-state index contributed by atoms with van der Waals surface area (Å²) in [5, 5.41) is 4.02. The van der Waals surface area contributed by atoms with Gasteiger partial charge in [0.05, 0.1) is 31.0 Å². The Morgan fingerprint density at radius 3 is 2.47 bits per heavy atom. The van der Waals surface area contributed by atoms with Gasteiger partial charge >= 0.3 is 0 Å². The van der Waals surface area contributed by atoms with Crippen LogP contribution < -0.4 is 23.9 Å². The molecule has 4 rings (SSSR count). The van der Waals surface area contributed by atoms with Crippen molar-refractivity contribution in [3.63, 3.8) is 0 Å². The molecule has 0 spiro atoms. The van der Waals surface area contributed by atoms with Crippen molar-refractivity contribution in [3.05, 3.63) is 77.9 Å². The summed E-state index contributed by atoms with van der Waals surface area (Å²) in [5.74, 6) is 2.75. The minimum absolute atomic E-state index is 0.0407. The summed E-state index contributed by atoms with van der Waals surface area (Å²) in [4.78, 5) is 12.9. The van der Waals surface area contributed by atoms with Gasteiger partial charge in [0.2, 0.25) is 0 Å². The van der Waals surface area contributed by atoms with E-state index in [0.29, 0.717) is 5.75 Å². The highest BCUT2D eigenvalue weighted by Gasteiger charge is 2.29. The first-order valence-electron chi connectivity index (χ1n) is 11.8. The molecular weight excluding hydrogens is 526 g/mol. The molecule has 0 aliphatic carbocycles. The van der Waals surface area contributed by atoms with Gasteiger partial charge in [-0.05, 0) is 48.9 Å². The number of amides is 1. The van der Waals surface area contributed by atoms with E-state index in [-0.39, 0.29) is 22.4 Å². The van der Waals surface area contributed by atoms with E-state index in [1.54, 1.807) is 24.3 Å². The second kappa shape index (κ2) is 12.2. The number of anilines is 1. The summed E-state index contributed by atoms with van der Waals surface area (Å²) >= 11 is 1.83. The number of sulfonamides is 1. The minimum Gasteiger partial charge on any atom is -0.497 e. The van der Waals surface area contributed by atoms with Gasteiger partial charge in [-0.15, -0.1) is 0 Å². The van der Waals surface area contributed by atoms with Gasteiger partial charge in [0.15, 0.2) is 0 Å². The Morgan fingerprint density at radius 2 is 1.82 bits per heavy atom. The molecule has 1 N–H and O–H groups in total. The van der Waals surface area contributed by atoms with E-state index >= 15 is 0 Å². The maximum absolute atomic E-state index is 13.7. The Labute approximate surface area is 226 Å². The van der Waals surface area contributed by atoms with Crippen LogP contribution in [-0.2, 0) is 14.8 Å². The smallest absolute Gasteiger partial charge is 0.264 e. The molecule has 0 radical (unpaired) electrons. The summed E-state index contributed by atoms with van der Waals surface area (Å²) in [6.45, 7) is 1.33. The first kappa shape index (κ1) is 27.3. The number of rotatable bonds is 11. The Balaban J connectivity index is 1.55. The molecule has 0 bridgehead atoms. The molecule has 1 saturated heterocycles. The van der Waals surface area contributed by atoms with Crippen LogP contribution in [0.2, 0.25) is 0 Å². The van der Waals surface area contributed by atoms with Crippen molar-refractivity contribution in [2.24, 2.45) is 5.10 Å². The average molecular weight is 556 g/mol. The molecule has 1 heterocycles. The van der Waals surface area contributed by atoms with Gasteiger partial charge < -0.3 is 14.2 Å². The first-order chi connectivity index (χ1) is 18.3. The lowest BCUT2D eigenvalue weighted by Crippen LogP contribution is -2.39. The predicted molar refractivity (Wildman–Crippen MR) is 149 cm³/mol. The number of carbonyl (C=O) groups excluding carboxylic acids is 1. The molecule has 11 heteroatoms. The van der Waals surface area contributed by atoms with Crippen LogP contribution in [0.5, 0.6) is 17.2 Å². The normalized spacial score (nSPS) is 13.6. The monoisotopic (exact) mass is 555 g/mol. The molecule has 200 valence electrons. The van der Waals surface area contributed by atoms with Crippen LogP contribution in [0, 0.1) is 6.92 Å². The third-order valence-electron chi connectivity index (χ3n) is 5.72. The topological polar surface area (TPSA) is 107 Å². The van der Waals surface area contributed by atoms with E-state index in [9.17, 15) is 13.2 Å². The van der Waals surface area contributed by atoms with Gasteiger partial charge in [0.25, 0.3) is 15.9 Å². The molecule has 3 aromatic rings. The van der Waals surface area contributed by atoms with E-state index in [1.807, 2.05) is 43.0 Å². The third-order valence-corrected chi connectivity index (χ3v) is 8.71. The van der Waals surface area contributed by atoms with E-state index in [1.165, 1.54) is 38.6 Å². The largest absolute Gasteiger partial charge is 0.497 e. The van der Waals surface area contributed by atoms with Crippen LogP contribution in [0.25, 0.3) is 0 Å². The predicted octanol–water partition coefficient (Wildman–Crippen LogP) is 3.85. The van der Waals surface area contributed by atoms with Gasteiger partial charge in [0.1, 0.15) is 29.9 Å². The number of benzene rings is 3. The molecule has 0 unspecified atom stereocenters. The molecule has 1 aliphatic heterocycles. The molecule has 0 saturated carbocycles. The molecule has 1 aliphatic rings. The average Bonchev–Trinajstić information content (AvgIpc) is 2.89. The maximum Gasteiger partial charge on any atom is 0.264 e. The number of hydrogen-bond donors (Lipinski definition) is 1. The van der Waals surface area contributed by atoms with Crippen molar-refractivity contribution in [2.45, 2.75) is 17.9 Å². The van der Waals surface area contributed by atoms with Crippen molar-refractivity contribution in [1.29, 1.82) is 0 Å². The summed E-state index contributed by atoms with van der Waals surface area (Å²) in [6, 6.07) is 18.5. The maximum atomic E-state index is 13.7. The summed E-state index contributed by atoms with van der Waals surface area (Å²) in [7, 11) is -1.22. The van der Waals surface area contributed by atoms with E-state index < -0.39 is 22.5 Å². The van der Waals surface area contributed by atoms with E-state index in [4.69, 9.17) is 14.2 Å². The number of nitrogens with one attached hydrogen (secondary N) is 1. The molecule has 1 amide bonds. The zero-order valence-electron chi connectivity index (χ0n) is 21.3. The van der Waals surface area contributed by atoms with Gasteiger partial charge in [-0.3, -0.25) is 9.10 Å².